The molecule has 1 N–H and O–H groups in total. The van der Waals surface area contributed by atoms with E-state index in [9.17, 15) is 14.7 Å². The van der Waals surface area contributed by atoms with Crippen LogP contribution in [0.25, 0.3) is 11.3 Å². The Morgan fingerprint density at radius 2 is 1.86 bits per heavy atom. The zero-order chi connectivity index (χ0) is 31.0. The molecule has 3 unspecified atom stereocenters. The lowest BCUT2D eigenvalue weighted by atomic mass is 9.73. The number of nitrogens with zero attached hydrogens (tertiary/aromatic N) is 4. The number of anilines is 1. The number of halogens is 2. The van der Waals surface area contributed by atoms with Crippen molar-refractivity contribution >= 4 is 40.3 Å². The second kappa shape index (κ2) is 10.8. The van der Waals surface area contributed by atoms with Gasteiger partial charge < -0.3 is 9.84 Å². The number of likely N-dealkylation sites (tertiary alicyclic amines) is 1. The zero-order valence-electron chi connectivity index (χ0n) is 25.4. The zero-order valence-corrected chi connectivity index (χ0v) is 27.5. The summed E-state index contributed by atoms with van der Waals surface area (Å²) in [5.41, 5.74) is 3.33. The minimum atomic E-state index is -1.00. The predicted molar refractivity (Wildman–Crippen MR) is 173 cm³/mol. The molecule has 4 aliphatic rings. The molecule has 232 valence electrons. The molecule has 2 saturated heterocycles. The summed E-state index contributed by atoms with van der Waals surface area (Å²) in [5.74, 6) is 0.0989. The third kappa shape index (κ3) is 4.92. The largest absolute Gasteiger partial charge is 0.478 e. The van der Waals surface area contributed by atoms with Gasteiger partial charge in [0.25, 0.3) is 0 Å². The van der Waals surface area contributed by atoms with Gasteiger partial charge in [0.2, 0.25) is 0 Å². The Morgan fingerprint density at radius 1 is 1.14 bits per heavy atom. The topological polar surface area (TPSA) is 87.9 Å². The van der Waals surface area contributed by atoms with Crippen molar-refractivity contribution in [2.24, 2.45) is 17.3 Å². The van der Waals surface area contributed by atoms with Crippen molar-refractivity contribution in [3.8, 4) is 11.3 Å². The number of carbonyl (C=O) groups is 2. The van der Waals surface area contributed by atoms with Crippen LogP contribution in [0, 0.1) is 33.6 Å². The number of carbonyl (C=O) groups excluding carboxylic acids is 1. The standard InChI is InChI=1S/C34H38FIN4O4/c1-20-27(36)11-10-26(28(20)35)29-23(18-40(37-29)30-22-4-7-24(16-22)33(30,2)3)17-38-14-12-34(13-15-38)19-39(32(43)44-34)25-8-5-21(6-9-25)31(41)42/h5-6,8-11,18,22,24,30H,4,7,12-17,19H2,1-3H3,(H,41,42). The van der Waals surface area contributed by atoms with Crippen LogP contribution in [0.5, 0.6) is 0 Å². The van der Waals surface area contributed by atoms with Crippen molar-refractivity contribution in [2.75, 3.05) is 24.5 Å². The Kier molecular flexibility index (Phi) is 7.31. The van der Waals surface area contributed by atoms with Crippen LogP contribution in [-0.2, 0) is 11.3 Å². The summed E-state index contributed by atoms with van der Waals surface area (Å²) in [6, 6.07) is 10.5. The molecule has 2 aliphatic carbocycles. The number of aromatic nitrogens is 2. The highest BCUT2D eigenvalue weighted by Gasteiger charge is 2.54. The lowest BCUT2D eigenvalue weighted by molar-refractivity contribution is -0.000967. The number of carboxylic acids is 1. The fraction of sp³-hybridized carbons (Fsp3) is 0.500. The summed E-state index contributed by atoms with van der Waals surface area (Å²) in [6.07, 6.45) is 6.90. The van der Waals surface area contributed by atoms with E-state index in [0.29, 0.717) is 60.6 Å². The first-order valence-corrected chi connectivity index (χ1v) is 16.6. The molecule has 0 radical (unpaired) electrons. The van der Waals surface area contributed by atoms with E-state index in [0.717, 1.165) is 27.9 Å². The maximum absolute atomic E-state index is 15.7. The Labute approximate surface area is 270 Å². The van der Waals surface area contributed by atoms with Gasteiger partial charge in [0.05, 0.1) is 23.8 Å². The molecular weight excluding hydrogens is 674 g/mol. The number of hydrogen-bond donors (Lipinski definition) is 1. The van der Waals surface area contributed by atoms with Gasteiger partial charge in [-0.1, -0.05) is 13.8 Å². The smallest absolute Gasteiger partial charge is 0.415 e. The summed E-state index contributed by atoms with van der Waals surface area (Å²) in [4.78, 5) is 28.1. The van der Waals surface area contributed by atoms with Crippen LogP contribution in [-0.4, -0.2) is 57.1 Å². The molecule has 1 amide bonds. The maximum Gasteiger partial charge on any atom is 0.415 e. The normalized spacial score (nSPS) is 25.6. The van der Waals surface area contributed by atoms with E-state index >= 15 is 4.39 Å². The lowest BCUT2D eigenvalue weighted by Crippen LogP contribution is -2.46. The Balaban J connectivity index is 1.12. The van der Waals surface area contributed by atoms with Gasteiger partial charge in [-0.15, -0.1) is 0 Å². The maximum atomic E-state index is 15.7. The van der Waals surface area contributed by atoms with E-state index in [4.69, 9.17) is 9.84 Å². The number of amides is 1. The van der Waals surface area contributed by atoms with E-state index in [1.165, 1.54) is 31.4 Å². The number of carboxylic acid groups (broad SMARTS) is 1. The Hall–Kier alpha value is -2.99. The van der Waals surface area contributed by atoms with E-state index in [1.54, 1.807) is 17.0 Å². The minimum Gasteiger partial charge on any atom is -0.478 e. The predicted octanol–water partition coefficient (Wildman–Crippen LogP) is 7.29. The number of piperidine rings is 1. The van der Waals surface area contributed by atoms with E-state index < -0.39 is 17.7 Å². The minimum absolute atomic E-state index is 0.147. The molecule has 2 aromatic carbocycles. The molecule has 2 aliphatic heterocycles. The second-order valence-electron chi connectivity index (χ2n) is 13.8. The van der Waals surface area contributed by atoms with Crippen LogP contribution < -0.4 is 4.90 Å². The van der Waals surface area contributed by atoms with E-state index in [1.807, 2.05) is 19.1 Å². The quantitative estimate of drug-likeness (QED) is 0.270. The fourth-order valence-electron chi connectivity index (χ4n) is 8.37. The summed E-state index contributed by atoms with van der Waals surface area (Å²) < 4.78 is 24.8. The molecule has 2 saturated carbocycles. The summed E-state index contributed by atoms with van der Waals surface area (Å²) >= 11 is 2.18. The first-order chi connectivity index (χ1) is 21.0. The van der Waals surface area contributed by atoms with Crippen molar-refractivity contribution in [1.29, 1.82) is 0 Å². The molecular formula is C34H38FIN4O4. The van der Waals surface area contributed by atoms with Crippen LogP contribution in [0.2, 0.25) is 0 Å². The third-order valence-corrected chi connectivity index (χ3v) is 12.1. The van der Waals surface area contributed by atoms with Crippen LogP contribution in [0.15, 0.2) is 42.6 Å². The molecule has 1 aromatic heterocycles. The van der Waals surface area contributed by atoms with Crippen molar-refractivity contribution in [1.82, 2.24) is 14.7 Å². The number of ether oxygens (including phenoxy) is 1. The van der Waals surface area contributed by atoms with Crippen molar-refractivity contribution < 1.29 is 23.8 Å². The number of aromatic carboxylic acids is 1. The van der Waals surface area contributed by atoms with Crippen molar-refractivity contribution in [3.63, 3.8) is 0 Å². The number of rotatable bonds is 6. The van der Waals surface area contributed by atoms with Gasteiger partial charge in [-0.05, 0) is 108 Å². The summed E-state index contributed by atoms with van der Waals surface area (Å²) in [6.45, 7) is 9.11. The van der Waals surface area contributed by atoms with Gasteiger partial charge in [-0.3, -0.25) is 14.5 Å². The molecule has 8 nitrogen and oxygen atoms in total. The average Bonchev–Trinajstić information content (AvgIpc) is 3.76. The van der Waals surface area contributed by atoms with Gasteiger partial charge >= 0.3 is 12.1 Å². The highest BCUT2D eigenvalue weighted by Crippen LogP contribution is 2.61. The molecule has 3 aromatic rings. The first kappa shape index (κ1) is 29.7. The molecule has 44 heavy (non-hydrogen) atoms. The summed E-state index contributed by atoms with van der Waals surface area (Å²) in [5, 5.41) is 14.4. The van der Waals surface area contributed by atoms with Gasteiger partial charge in [0.1, 0.15) is 11.4 Å². The molecule has 3 heterocycles. The van der Waals surface area contributed by atoms with Crippen molar-refractivity contribution in [3.05, 3.63) is 68.7 Å². The number of hydrogen-bond acceptors (Lipinski definition) is 5. The number of fused-ring (bicyclic) bond motifs is 2. The Bertz CT molecular complexity index is 1630. The molecule has 7 rings (SSSR count). The van der Waals surface area contributed by atoms with Crippen LogP contribution in [0.3, 0.4) is 0 Å². The van der Waals surface area contributed by atoms with Gasteiger partial charge in [0, 0.05) is 59.1 Å². The summed E-state index contributed by atoms with van der Waals surface area (Å²) in [7, 11) is 0. The average molecular weight is 713 g/mol. The highest BCUT2D eigenvalue weighted by atomic mass is 127. The van der Waals surface area contributed by atoms with Gasteiger partial charge in [0.15, 0.2) is 0 Å². The van der Waals surface area contributed by atoms with Gasteiger partial charge in [-0.25, -0.2) is 14.0 Å². The molecule has 4 fully saturated rings. The SMILES string of the molecule is Cc1c(I)ccc(-c2nn(C3C4CCC(C4)C3(C)C)cc2CN2CCC3(CC2)CN(c2ccc(C(=O)O)cc2)C(=O)O3)c1F. The van der Waals surface area contributed by atoms with Crippen LogP contribution in [0.4, 0.5) is 14.9 Å². The van der Waals surface area contributed by atoms with Crippen LogP contribution in [0.1, 0.15) is 73.5 Å². The first-order valence-electron chi connectivity index (χ1n) is 15.5. The molecule has 3 atom stereocenters. The van der Waals surface area contributed by atoms with E-state index in [2.05, 4.69) is 52.2 Å². The molecule has 10 heteroatoms. The lowest BCUT2D eigenvalue weighted by Gasteiger charge is -2.38. The van der Waals surface area contributed by atoms with Crippen LogP contribution >= 0.6 is 22.6 Å². The van der Waals surface area contributed by atoms with E-state index in [-0.39, 0.29) is 16.8 Å². The molecule has 2 bridgehead atoms. The monoisotopic (exact) mass is 712 g/mol. The second-order valence-corrected chi connectivity index (χ2v) is 15.0. The number of benzene rings is 2. The highest BCUT2D eigenvalue weighted by molar-refractivity contribution is 14.1. The van der Waals surface area contributed by atoms with Gasteiger partial charge in [-0.2, -0.15) is 5.10 Å². The molecule has 1 spiro atoms. The third-order valence-electron chi connectivity index (χ3n) is 11.0. The van der Waals surface area contributed by atoms with Crippen molar-refractivity contribution in [2.45, 2.75) is 71.1 Å². The Morgan fingerprint density at radius 3 is 2.52 bits per heavy atom. The fourth-order valence-corrected chi connectivity index (χ4v) is 8.79.